The number of benzene rings is 1. The average molecular weight is 420 g/mol. The maximum atomic E-state index is 13.0. The van der Waals surface area contributed by atoms with Crippen LogP contribution in [0.2, 0.25) is 5.02 Å². The smallest absolute Gasteiger partial charge is 0.487 e. The largest absolute Gasteiger partial charge is 0.508 e. The van der Waals surface area contributed by atoms with Crippen LogP contribution in [0, 0.1) is 17.8 Å². The van der Waals surface area contributed by atoms with Crippen molar-refractivity contribution >= 4 is 36.6 Å². The Bertz CT molecular complexity index is 948. The summed E-state index contributed by atoms with van der Waals surface area (Å²) in [5.41, 5.74) is 1.90. The topological polar surface area (TPSA) is 113 Å². The summed E-state index contributed by atoms with van der Waals surface area (Å²) in [4.78, 5) is 38.3. The van der Waals surface area contributed by atoms with Crippen LogP contribution in [0.4, 0.5) is 4.79 Å². The molecule has 152 valence electrons. The minimum absolute atomic E-state index is 0.00504. The number of imide groups is 3. The monoisotopic (exact) mass is 419 g/mol. The molecule has 0 radical (unpaired) electrons. The molecule has 0 bridgehead atoms. The maximum Gasteiger partial charge on any atom is 0.487 e. The lowest BCUT2D eigenvalue weighted by Gasteiger charge is -2.41. The number of methoxy groups -OCH3 is 1. The number of likely N-dealkylation sites (tertiary alicyclic amines) is 1. The van der Waals surface area contributed by atoms with Crippen LogP contribution in [0.1, 0.15) is 31.4 Å². The molecule has 2 heterocycles. The molecule has 2 saturated heterocycles. The second-order valence-electron chi connectivity index (χ2n) is 7.58. The molecule has 1 aliphatic carbocycles. The molecule has 0 unspecified atom stereocenters. The molecular formula is C19H19BClNO7. The number of fused-ring (bicyclic) bond motifs is 3. The van der Waals surface area contributed by atoms with E-state index in [1.165, 1.54) is 12.1 Å². The van der Waals surface area contributed by atoms with Crippen LogP contribution >= 0.6 is 11.6 Å². The Hall–Kier alpha value is -2.36. The van der Waals surface area contributed by atoms with E-state index in [0.717, 1.165) is 12.7 Å². The van der Waals surface area contributed by atoms with Gasteiger partial charge in [-0.15, -0.1) is 0 Å². The van der Waals surface area contributed by atoms with E-state index in [0.29, 0.717) is 22.4 Å². The molecule has 10 heteroatoms. The number of nitrogens with zero attached hydrogens (tertiary/aromatic N) is 1. The Labute approximate surface area is 172 Å². The number of phenols is 1. The molecule has 2 aliphatic heterocycles. The van der Waals surface area contributed by atoms with E-state index in [1.807, 2.05) is 0 Å². The highest BCUT2D eigenvalue weighted by Gasteiger charge is 2.59. The van der Waals surface area contributed by atoms with Gasteiger partial charge in [-0.05, 0) is 48.9 Å². The van der Waals surface area contributed by atoms with Gasteiger partial charge in [0.15, 0.2) is 0 Å². The number of allylic oxidation sites excluding steroid dienone is 2. The molecule has 0 saturated carbocycles. The van der Waals surface area contributed by atoms with Crippen LogP contribution in [-0.2, 0) is 19.0 Å². The molecule has 4 atom stereocenters. The van der Waals surface area contributed by atoms with E-state index < -0.39 is 48.9 Å². The van der Waals surface area contributed by atoms with E-state index in [9.17, 15) is 24.5 Å². The number of amides is 3. The number of ether oxygens (including phenoxy) is 1. The van der Waals surface area contributed by atoms with Gasteiger partial charge >= 0.3 is 13.2 Å². The maximum absolute atomic E-state index is 13.0. The number of hydrogen-bond acceptors (Lipinski definition) is 7. The normalized spacial score (nSPS) is 29.1. The molecule has 29 heavy (non-hydrogen) atoms. The number of carbonyl (C=O) groups excluding carboxylic acids is 3. The first-order chi connectivity index (χ1) is 13.7. The van der Waals surface area contributed by atoms with Crippen molar-refractivity contribution < 1.29 is 33.9 Å². The minimum atomic E-state index is -1.26. The molecule has 0 spiro atoms. The van der Waals surface area contributed by atoms with Gasteiger partial charge in [-0.25, -0.2) is 4.79 Å². The van der Waals surface area contributed by atoms with Crippen LogP contribution in [0.25, 0.3) is 0 Å². The minimum Gasteiger partial charge on any atom is -0.508 e. The second-order valence-corrected chi connectivity index (χ2v) is 7.99. The molecular weight excluding hydrogens is 400 g/mol. The van der Waals surface area contributed by atoms with E-state index in [1.54, 1.807) is 13.0 Å². The lowest BCUT2D eigenvalue weighted by Crippen LogP contribution is -2.44. The van der Waals surface area contributed by atoms with Crippen molar-refractivity contribution in [3.8, 4) is 5.75 Å². The summed E-state index contributed by atoms with van der Waals surface area (Å²) in [6, 6.07) is 4.43. The summed E-state index contributed by atoms with van der Waals surface area (Å²) in [6.45, 7) is 1.79. The Balaban J connectivity index is 1.73. The highest BCUT2D eigenvalue weighted by Crippen LogP contribution is 2.51. The Kier molecular flexibility index (Phi) is 4.92. The first kappa shape index (κ1) is 19.9. The molecule has 1 aromatic rings. The predicted molar refractivity (Wildman–Crippen MR) is 102 cm³/mol. The summed E-state index contributed by atoms with van der Waals surface area (Å²) in [5, 5.41) is 20.5. The van der Waals surface area contributed by atoms with Crippen molar-refractivity contribution in [1.82, 2.24) is 4.90 Å². The van der Waals surface area contributed by atoms with Crippen molar-refractivity contribution in [2.75, 3.05) is 7.11 Å². The highest BCUT2D eigenvalue weighted by molar-refractivity contribution is 6.53. The van der Waals surface area contributed by atoms with Gasteiger partial charge in [0.2, 0.25) is 11.8 Å². The number of carbonyl (C=O) groups is 3. The Morgan fingerprint density at radius 2 is 2.03 bits per heavy atom. The van der Waals surface area contributed by atoms with Crippen LogP contribution in [-0.4, -0.2) is 47.2 Å². The van der Waals surface area contributed by atoms with Gasteiger partial charge in [0.25, 0.3) is 0 Å². The number of rotatable bonds is 1. The van der Waals surface area contributed by atoms with Crippen LogP contribution < -0.4 is 0 Å². The van der Waals surface area contributed by atoms with Crippen molar-refractivity contribution in [3.63, 3.8) is 0 Å². The standard InChI is InChI=1S/C19H19BClNO7/c1-8-5-12-15(18(25)22(17(12)24)19(26)28-2)11-7-14(29-20(27)16(8)11)10-4-3-9(23)6-13(10)21/h3-4,6,11-12,14-15,23,27H,5,7H2,1-2H3/t11-,12-,14-,15+/m0/s1. The summed E-state index contributed by atoms with van der Waals surface area (Å²) in [7, 11) is -0.152. The Morgan fingerprint density at radius 1 is 1.31 bits per heavy atom. The molecule has 3 aliphatic rings. The third kappa shape index (κ3) is 3.04. The summed E-state index contributed by atoms with van der Waals surface area (Å²) in [5.74, 6) is -3.15. The van der Waals surface area contributed by atoms with Gasteiger partial charge in [0.1, 0.15) is 5.75 Å². The van der Waals surface area contributed by atoms with Crippen molar-refractivity contribution in [1.29, 1.82) is 0 Å². The van der Waals surface area contributed by atoms with E-state index in [2.05, 4.69) is 4.74 Å². The summed E-state index contributed by atoms with van der Waals surface area (Å²) in [6.07, 6.45) is -1.09. The molecule has 2 N–H and O–H groups in total. The number of halogens is 1. The van der Waals surface area contributed by atoms with Crippen molar-refractivity contribution in [2.24, 2.45) is 17.8 Å². The molecule has 8 nitrogen and oxygen atoms in total. The number of aromatic hydroxyl groups is 1. The van der Waals surface area contributed by atoms with Crippen LogP contribution in [0.5, 0.6) is 5.75 Å². The lowest BCUT2D eigenvalue weighted by molar-refractivity contribution is -0.137. The number of phenolic OH excluding ortho intramolecular Hbond substituents is 1. The highest BCUT2D eigenvalue weighted by atomic mass is 35.5. The van der Waals surface area contributed by atoms with Gasteiger partial charge in [0.05, 0.1) is 25.0 Å². The molecule has 2 fully saturated rings. The van der Waals surface area contributed by atoms with E-state index >= 15 is 0 Å². The zero-order valence-corrected chi connectivity index (χ0v) is 16.5. The molecule has 0 aromatic heterocycles. The zero-order valence-electron chi connectivity index (χ0n) is 15.8. The quantitative estimate of drug-likeness (QED) is 0.530. The lowest BCUT2D eigenvalue weighted by atomic mass is 9.55. The van der Waals surface area contributed by atoms with Gasteiger partial charge in [-0.1, -0.05) is 23.2 Å². The van der Waals surface area contributed by atoms with Crippen LogP contribution in [0.3, 0.4) is 0 Å². The molecule has 1 aromatic carbocycles. The van der Waals surface area contributed by atoms with Gasteiger partial charge in [-0.3, -0.25) is 9.59 Å². The SMILES string of the molecule is COC(=O)N1C(=O)[C@H]2[C@H](CC(C)=C3B(O)O[C@H](c4ccc(O)cc4Cl)C[C@H]32)C1=O. The second kappa shape index (κ2) is 7.16. The predicted octanol–water partition coefficient (Wildman–Crippen LogP) is 2.23. The number of hydrogen-bond donors (Lipinski definition) is 2. The zero-order chi connectivity index (χ0) is 21.0. The molecule has 4 rings (SSSR count). The van der Waals surface area contributed by atoms with Crippen molar-refractivity contribution in [2.45, 2.75) is 25.9 Å². The van der Waals surface area contributed by atoms with E-state index in [4.69, 9.17) is 16.3 Å². The third-order valence-corrected chi connectivity index (χ3v) is 6.37. The first-order valence-electron chi connectivity index (χ1n) is 9.21. The third-order valence-electron chi connectivity index (χ3n) is 6.04. The fourth-order valence-electron chi connectivity index (χ4n) is 4.80. The fraction of sp³-hybridized carbons (Fsp3) is 0.421. The van der Waals surface area contributed by atoms with Gasteiger partial charge in [0, 0.05) is 5.02 Å². The molecule has 3 amide bonds. The first-order valence-corrected chi connectivity index (χ1v) is 9.59. The summed E-state index contributed by atoms with van der Waals surface area (Å²) < 4.78 is 10.4. The van der Waals surface area contributed by atoms with E-state index in [-0.39, 0.29) is 17.2 Å². The van der Waals surface area contributed by atoms with Gasteiger partial charge < -0.3 is 19.5 Å². The average Bonchev–Trinajstić information content (AvgIpc) is 2.91. The van der Waals surface area contributed by atoms with Crippen molar-refractivity contribution in [3.05, 3.63) is 39.8 Å². The van der Waals surface area contributed by atoms with Crippen LogP contribution in [0.15, 0.2) is 29.2 Å². The fourth-order valence-corrected chi connectivity index (χ4v) is 5.10. The van der Waals surface area contributed by atoms with Gasteiger partial charge in [-0.2, -0.15) is 4.90 Å². The summed E-state index contributed by atoms with van der Waals surface area (Å²) >= 11 is 6.24. The Morgan fingerprint density at radius 3 is 2.69 bits per heavy atom.